The van der Waals surface area contributed by atoms with Crippen LogP contribution in [-0.2, 0) is 25.6 Å². The predicted octanol–water partition coefficient (Wildman–Crippen LogP) is 12.3. The average molecular weight is 932 g/mol. The molecule has 1 saturated heterocycles. The van der Waals surface area contributed by atoms with Gasteiger partial charge in [-0.1, -0.05) is 237 Å². The normalized spacial score (nSPS) is 18.8. The van der Waals surface area contributed by atoms with E-state index in [-0.39, 0.29) is 19.8 Å². The third-order valence-electron chi connectivity index (χ3n) is 13.2. The number of nitrogens with two attached hydrogens (primary N) is 1. The van der Waals surface area contributed by atoms with Gasteiger partial charge in [0.2, 0.25) is 5.91 Å². The number of aliphatic hydroxyl groups excluding tert-OH is 3. The Balaban J connectivity index is 2.01. The van der Waals surface area contributed by atoms with Crippen LogP contribution in [0.1, 0.15) is 232 Å². The van der Waals surface area contributed by atoms with E-state index >= 15 is 0 Å². The number of carbonyl (C=O) groups is 3. The lowest BCUT2D eigenvalue weighted by Gasteiger charge is -2.49. The summed E-state index contributed by atoms with van der Waals surface area (Å²) in [5, 5.41) is 33.0. The summed E-state index contributed by atoms with van der Waals surface area (Å²) in [5.41, 5.74) is 6.72. The van der Waals surface area contributed by atoms with Gasteiger partial charge in [0.05, 0.1) is 19.3 Å². The molecule has 6 atom stereocenters. The maximum absolute atomic E-state index is 14.1. The minimum atomic E-state index is -1.81. The van der Waals surface area contributed by atoms with Gasteiger partial charge in [-0.05, 0) is 25.3 Å². The van der Waals surface area contributed by atoms with Crippen molar-refractivity contribution in [2.75, 3.05) is 19.8 Å². The maximum Gasteiger partial charge on any atom is 0.417 e. The number of hydrogen-bond acceptors (Lipinski definition) is 10. The predicted molar refractivity (Wildman–Crippen MR) is 266 cm³/mol. The Kier molecular flexibility index (Phi) is 35.2. The molecule has 1 aliphatic heterocycles. The number of imide groups is 1. The van der Waals surface area contributed by atoms with Gasteiger partial charge in [-0.15, -0.1) is 0 Å². The minimum absolute atomic E-state index is 0.137. The molecule has 0 saturated carbocycles. The molecule has 0 bridgehead atoms. The summed E-state index contributed by atoms with van der Waals surface area (Å²) in [6.07, 6.45) is 30.6. The molecular weight excluding hydrogens is 835 g/mol. The van der Waals surface area contributed by atoms with Crippen molar-refractivity contribution >= 4 is 18.1 Å². The number of rotatable bonds is 40. The highest BCUT2D eigenvalue weighted by Crippen LogP contribution is 2.30. The van der Waals surface area contributed by atoms with Crippen molar-refractivity contribution in [1.82, 2.24) is 9.80 Å². The summed E-state index contributed by atoms with van der Waals surface area (Å²) in [7, 11) is 0. The molecule has 0 aromatic heterocycles. The number of hydrogen-bond donors (Lipinski definition) is 4. The van der Waals surface area contributed by atoms with Crippen LogP contribution in [0.4, 0.5) is 9.59 Å². The second-order valence-corrected chi connectivity index (χ2v) is 19.2. The summed E-state index contributed by atoms with van der Waals surface area (Å²) >= 11 is 0. The smallest absolute Gasteiger partial charge is 0.417 e. The third kappa shape index (κ3) is 25.6. The van der Waals surface area contributed by atoms with E-state index in [1.54, 1.807) is 24.3 Å². The highest BCUT2D eigenvalue weighted by atomic mass is 16.6. The molecule has 2 rings (SSSR count). The molecule has 1 heterocycles. The summed E-state index contributed by atoms with van der Waals surface area (Å²) in [6, 6.07) is 6.10. The molecular formula is C54H97N3O9. The molecule has 0 unspecified atom stereocenters. The molecule has 12 heteroatoms. The van der Waals surface area contributed by atoms with Crippen LogP contribution >= 0.6 is 0 Å². The largest absolute Gasteiger partial charge is 0.449 e. The van der Waals surface area contributed by atoms with E-state index in [4.69, 9.17) is 19.9 Å². The lowest BCUT2D eigenvalue weighted by atomic mass is 9.93. The van der Waals surface area contributed by atoms with Gasteiger partial charge < -0.3 is 35.3 Å². The van der Waals surface area contributed by atoms with Crippen LogP contribution < -0.4 is 5.73 Å². The zero-order chi connectivity index (χ0) is 48.0. The fourth-order valence-corrected chi connectivity index (χ4v) is 9.03. The van der Waals surface area contributed by atoms with E-state index < -0.39 is 61.3 Å². The fourth-order valence-electron chi connectivity index (χ4n) is 9.03. The molecule has 0 aliphatic carbocycles. The molecule has 382 valence electrons. The van der Waals surface area contributed by atoms with Crippen molar-refractivity contribution in [1.29, 1.82) is 0 Å². The molecule has 5 N–H and O–H groups in total. The van der Waals surface area contributed by atoms with Crippen LogP contribution in [0.2, 0.25) is 0 Å². The van der Waals surface area contributed by atoms with Gasteiger partial charge in [0, 0.05) is 6.54 Å². The van der Waals surface area contributed by atoms with Gasteiger partial charge in [-0.3, -0.25) is 9.69 Å². The van der Waals surface area contributed by atoms with Gasteiger partial charge in [0.25, 0.3) is 0 Å². The van der Waals surface area contributed by atoms with Crippen LogP contribution in [0.15, 0.2) is 30.3 Å². The van der Waals surface area contributed by atoms with Crippen molar-refractivity contribution in [3.63, 3.8) is 0 Å². The topological polar surface area (TPSA) is 172 Å². The van der Waals surface area contributed by atoms with Gasteiger partial charge in [-0.2, -0.15) is 0 Å². The summed E-state index contributed by atoms with van der Waals surface area (Å²) in [5.74, 6) is -0.885. The number of nitrogens with zero attached hydrogens (tertiary/aromatic N) is 2. The summed E-state index contributed by atoms with van der Waals surface area (Å²) < 4.78 is 17.6. The SMILES string of the molecule is CCCCCCCCCCCCCCCCCCOC(=O)N(CCCCCCCCCCCCCCCCCC)[C@@H]1O[C@H](CO)[C@@H](O)[C@H](O)[C@H]1N(C(=O)OCc1ccccc1)C(=O)[C@H](C)N. The van der Waals surface area contributed by atoms with Crippen molar-refractivity contribution < 1.29 is 43.9 Å². The van der Waals surface area contributed by atoms with Crippen molar-refractivity contribution in [3.8, 4) is 0 Å². The Morgan fingerprint density at radius 1 is 0.591 bits per heavy atom. The monoisotopic (exact) mass is 932 g/mol. The zero-order valence-corrected chi connectivity index (χ0v) is 42.1. The van der Waals surface area contributed by atoms with Crippen molar-refractivity contribution in [3.05, 3.63) is 35.9 Å². The van der Waals surface area contributed by atoms with E-state index in [1.165, 1.54) is 160 Å². The van der Waals surface area contributed by atoms with E-state index in [9.17, 15) is 29.7 Å². The molecule has 0 spiro atoms. The standard InChI is InChI=1S/C54H97N3O9/c1-4-6-8-10-12-14-16-18-20-22-24-26-28-30-32-37-41-56(53(62)64-42-38-33-31-29-27-25-23-21-19-17-15-13-11-9-7-5-2)52-48(50(60)49(59)47(43-58)66-52)57(51(61)45(3)55)54(63)65-44-46-39-35-34-36-40-46/h34-36,39-40,45,47-50,52,58-60H,4-33,37-38,41-44,55H2,1-3H3/t45-,47+,48+,49+,50+,52+/m0/s1. The van der Waals surface area contributed by atoms with Crippen LogP contribution in [0.3, 0.4) is 0 Å². The molecule has 3 amide bonds. The summed E-state index contributed by atoms with van der Waals surface area (Å²) in [6.45, 7) is 5.36. The summed E-state index contributed by atoms with van der Waals surface area (Å²) in [4.78, 5) is 43.7. The lowest BCUT2D eigenvalue weighted by molar-refractivity contribution is -0.241. The van der Waals surface area contributed by atoms with Gasteiger partial charge in [0.1, 0.15) is 31.0 Å². The maximum atomic E-state index is 14.1. The highest BCUT2D eigenvalue weighted by Gasteiger charge is 2.54. The average Bonchev–Trinajstić information content (AvgIpc) is 3.32. The number of unbranched alkanes of at least 4 members (excludes halogenated alkanes) is 30. The first-order chi connectivity index (χ1) is 32.2. The number of ether oxygens (including phenoxy) is 3. The molecule has 0 radical (unpaired) electrons. The van der Waals surface area contributed by atoms with Crippen LogP contribution in [0, 0.1) is 0 Å². The first kappa shape index (κ1) is 59.4. The molecule has 66 heavy (non-hydrogen) atoms. The third-order valence-corrected chi connectivity index (χ3v) is 13.2. The Hall–Kier alpha value is -2.77. The second kappa shape index (κ2) is 39.1. The molecule has 1 aliphatic rings. The Labute approximate surface area is 401 Å². The lowest BCUT2D eigenvalue weighted by Crippen LogP contribution is -2.71. The molecule has 1 aromatic rings. The van der Waals surface area contributed by atoms with E-state index in [0.29, 0.717) is 23.3 Å². The van der Waals surface area contributed by atoms with Crippen LogP contribution in [-0.4, -0.2) is 99.6 Å². The zero-order valence-electron chi connectivity index (χ0n) is 42.1. The second-order valence-electron chi connectivity index (χ2n) is 19.2. The minimum Gasteiger partial charge on any atom is -0.449 e. The first-order valence-corrected chi connectivity index (χ1v) is 27.0. The Morgan fingerprint density at radius 3 is 1.41 bits per heavy atom. The van der Waals surface area contributed by atoms with E-state index in [0.717, 1.165) is 44.9 Å². The quantitative estimate of drug-likeness (QED) is 0.0464. The molecule has 12 nitrogen and oxygen atoms in total. The van der Waals surface area contributed by atoms with Crippen molar-refractivity contribution in [2.45, 2.75) is 269 Å². The van der Waals surface area contributed by atoms with Gasteiger partial charge >= 0.3 is 12.2 Å². The van der Waals surface area contributed by atoms with E-state index in [2.05, 4.69) is 13.8 Å². The molecule has 1 fully saturated rings. The van der Waals surface area contributed by atoms with Crippen LogP contribution in [0.5, 0.6) is 0 Å². The number of benzene rings is 1. The Bertz CT molecular complexity index is 1340. The fraction of sp³-hybridized carbons (Fsp3) is 0.833. The number of carbonyl (C=O) groups excluding carboxylic acids is 3. The van der Waals surface area contributed by atoms with E-state index in [1.807, 2.05) is 6.07 Å². The highest BCUT2D eigenvalue weighted by molar-refractivity contribution is 5.95. The van der Waals surface area contributed by atoms with Crippen molar-refractivity contribution in [2.24, 2.45) is 5.73 Å². The first-order valence-electron chi connectivity index (χ1n) is 27.0. The molecule has 1 aromatic carbocycles. The Morgan fingerprint density at radius 2 is 1.00 bits per heavy atom. The van der Waals surface area contributed by atoms with Crippen LogP contribution in [0.25, 0.3) is 0 Å². The van der Waals surface area contributed by atoms with Gasteiger partial charge in [-0.25, -0.2) is 14.5 Å². The van der Waals surface area contributed by atoms with Gasteiger partial charge in [0.15, 0.2) is 6.23 Å². The number of aliphatic hydroxyl groups is 3. The number of amides is 3.